The lowest BCUT2D eigenvalue weighted by Gasteiger charge is -2.21. The molecule has 1 heterocycles. The lowest BCUT2D eigenvalue weighted by molar-refractivity contribution is 0.946. The molecule has 1 aromatic rings. The molecule has 1 saturated heterocycles. The van der Waals surface area contributed by atoms with Crippen LogP contribution >= 0.6 is 24.4 Å². The van der Waals surface area contributed by atoms with Crippen LogP contribution in [-0.2, 0) is 0 Å². The van der Waals surface area contributed by atoms with Crippen molar-refractivity contribution in [1.29, 1.82) is 0 Å². The fraction of sp³-hybridized carbons (Fsp3) is 0.0769. The van der Waals surface area contributed by atoms with Gasteiger partial charge in [-0.2, -0.15) is 0 Å². The zero-order valence-corrected chi connectivity index (χ0v) is 10.6. The Balaban J connectivity index is 2.06. The third-order valence-electron chi connectivity index (χ3n) is 2.85. The second-order valence-electron chi connectivity index (χ2n) is 3.91. The van der Waals surface area contributed by atoms with Crippen molar-refractivity contribution in [3.8, 4) is 0 Å². The monoisotopic (exact) mass is 258 g/mol. The Bertz CT molecular complexity index is 546. The number of anilines is 1. The van der Waals surface area contributed by atoms with Crippen molar-refractivity contribution >= 4 is 40.1 Å². The van der Waals surface area contributed by atoms with Crippen LogP contribution in [0.5, 0.6) is 0 Å². The van der Waals surface area contributed by atoms with Crippen LogP contribution in [0.2, 0.25) is 0 Å². The summed E-state index contributed by atoms with van der Waals surface area (Å²) in [7, 11) is 0. The molecule has 4 heteroatoms. The number of thiocarbonyl (C=S) groups is 2. The quantitative estimate of drug-likeness (QED) is 0.778. The molecule has 0 amide bonds. The highest BCUT2D eigenvalue weighted by atomic mass is 32.1. The summed E-state index contributed by atoms with van der Waals surface area (Å²) in [6.07, 6.45) is 5.97. The van der Waals surface area contributed by atoms with Crippen LogP contribution in [0.15, 0.2) is 54.3 Å². The Labute approximate surface area is 111 Å². The van der Waals surface area contributed by atoms with Gasteiger partial charge in [0.15, 0.2) is 5.11 Å². The Morgan fingerprint density at radius 2 is 1.88 bits per heavy atom. The van der Waals surface area contributed by atoms with E-state index < -0.39 is 0 Å². The van der Waals surface area contributed by atoms with E-state index in [9.17, 15) is 0 Å². The number of nitrogens with zero attached hydrogens (tertiary/aromatic N) is 1. The summed E-state index contributed by atoms with van der Waals surface area (Å²) in [5, 5.41) is 3.96. The molecule has 1 aliphatic heterocycles. The van der Waals surface area contributed by atoms with Gasteiger partial charge < -0.3 is 5.32 Å². The molecule has 0 bridgehead atoms. The van der Waals surface area contributed by atoms with Gasteiger partial charge in [-0.25, -0.2) is 0 Å². The van der Waals surface area contributed by atoms with Crippen molar-refractivity contribution < 1.29 is 0 Å². The van der Waals surface area contributed by atoms with Crippen LogP contribution in [0.3, 0.4) is 0 Å². The highest BCUT2D eigenvalue weighted by molar-refractivity contribution is 7.81. The molecular formula is C13H10N2S2. The van der Waals surface area contributed by atoms with E-state index in [1.54, 1.807) is 0 Å². The molecule has 2 nitrogen and oxygen atoms in total. The molecule has 1 fully saturated rings. The first-order chi connectivity index (χ1) is 8.27. The van der Waals surface area contributed by atoms with Crippen LogP contribution < -0.4 is 10.2 Å². The van der Waals surface area contributed by atoms with Crippen molar-refractivity contribution in [2.24, 2.45) is 0 Å². The highest BCUT2D eigenvalue weighted by Crippen LogP contribution is 2.28. The summed E-state index contributed by atoms with van der Waals surface area (Å²) >= 11 is 10.7. The van der Waals surface area contributed by atoms with Crippen molar-refractivity contribution in [1.82, 2.24) is 5.32 Å². The standard InChI is InChI=1S/C13H10N2S2/c16-11-8-4-7-10-12(11)14-13(17)15(10)9-5-2-1-3-6-9/h1-8,12H,(H,14,17). The maximum absolute atomic E-state index is 5.38. The SMILES string of the molecule is S=C1C=CC=C2C1NC(=S)N2c1ccccc1. The van der Waals surface area contributed by atoms with Gasteiger partial charge in [0.1, 0.15) is 6.04 Å². The van der Waals surface area contributed by atoms with Gasteiger partial charge in [0, 0.05) is 10.6 Å². The number of benzene rings is 1. The molecule has 0 spiro atoms. The molecule has 1 N–H and O–H groups in total. The lowest BCUT2D eigenvalue weighted by Crippen LogP contribution is -2.32. The normalized spacial score (nSPS) is 22.2. The topological polar surface area (TPSA) is 15.3 Å². The fourth-order valence-electron chi connectivity index (χ4n) is 2.08. The van der Waals surface area contributed by atoms with Gasteiger partial charge >= 0.3 is 0 Å². The summed E-state index contributed by atoms with van der Waals surface area (Å²) in [4.78, 5) is 2.92. The number of fused-ring (bicyclic) bond motifs is 1. The average molecular weight is 258 g/mol. The first-order valence-corrected chi connectivity index (χ1v) is 6.17. The van der Waals surface area contributed by atoms with Crippen LogP contribution in [0.4, 0.5) is 5.69 Å². The van der Waals surface area contributed by atoms with Gasteiger partial charge in [0.25, 0.3) is 0 Å². The van der Waals surface area contributed by atoms with E-state index in [1.807, 2.05) is 47.4 Å². The van der Waals surface area contributed by atoms with Gasteiger partial charge in [-0.1, -0.05) is 36.5 Å². The second kappa shape index (κ2) is 4.05. The number of nitrogens with one attached hydrogen (secondary N) is 1. The zero-order chi connectivity index (χ0) is 11.8. The highest BCUT2D eigenvalue weighted by Gasteiger charge is 2.35. The largest absolute Gasteiger partial charge is 0.349 e. The smallest absolute Gasteiger partial charge is 0.178 e. The molecule has 0 aromatic heterocycles. The van der Waals surface area contributed by atoms with E-state index in [0.29, 0.717) is 5.11 Å². The molecule has 1 aromatic carbocycles. The van der Waals surface area contributed by atoms with Crippen LogP contribution in [0.25, 0.3) is 0 Å². The molecular weight excluding hydrogens is 248 g/mol. The minimum absolute atomic E-state index is 0.0442. The fourth-order valence-corrected chi connectivity index (χ4v) is 2.66. The second-order valence-corrected chi connectivity index (χ2v) is 4.76. The van der Waals surface area contributed by atoms with Crippen molar-refractivity contribution in [3.05, 3.63) is 54.3 Å². The van der Waals surface area contributed by atoms with Crippen LogP contribution in [0.1, 0.15) is 0 Å². The zero-order valence-electron chi connectivity index (χ0n) is 8.96. The molecule has 84 valence electrons. The molecule has 2 aliphatic rings. The number of hydrogen-bond donors (Lipinski definition) is 1. The van der Waals surface area contributed by atoms with E-state index >= 15 is 0 Å². The number of rotatable bonds is 1. The summed E-state index contributed by atoms with van der Waals surface area (Å²) in [6, 6.07) is 10.1. The molecule has 1 unspecified atom stereocenters. The summed E-state index contributed by atoms with van der Waals surface area (Å²) in [5.74, 6) is 0. The predicted molar refractivity (Wildman–Crippen MR) is 78.3 cm³/mol. The van der Waals surface area contributed by atoms with Gasteiger partial charge in [-0.05, 0) is 36.5 Å². The minimum Gasteiger partial charge on any atom is -0.349 e. The maximum Gasteiger partial charge on any atom is 0.178 e. The van der Waals surface area contributed by atoms with Crippen molar-refractivity contribution in [2.75, 3.05) is 4.90 Å². The molecule has 1 atom stereocenters. The average Bonchev–Trinajstić information content (AvgIpc) is 2.68. The molecule has 3 rings (SSSR count). The van der Waals surface area contributed by atoms with Gasteiger partial charge in [0.2, 0.25) is 0 Å². The maximum atomic E-state index is 5.38. The number of allylic oxidation sites excluding steroid dienone is 2. The van der Waals surface area contributed by atoms with Gasteiger partial charge in [-0.3, -0.25) is 4.90 Å². The molecule has 1 aliphatic carbocycles. The molecule has 0 saturated carbocycles. The summed E-state index contributed by atoms with van der Waals surface area (Å²) in [5.41, 5.74) is 2.17. The Morgan fingerprint density at radius 1 is 1.12 bits per heavy atom. The Kier molecular flexibility index (Phi) is 2.53. The van der Waals surface area contributed by atoms with E-state index in [4.69, 9.17) is 24.4 Å². The Morgan fingerprint density at radius 3 is 2.65 bits per heavy atom. The van der Waals surface area contributed by atoms with E-state index in [0.717, 1.165) is 16.2 Å². The van der Waals surface area contributed by atoms with E-state index in [1.165, 1.54) is 0 Å². The third kappa shape index (κ3) is 1.69. The first kappa shape index (κ1) is 10.6. The lowest BCUT2D eigenvalue weighted by atomic mass is 10.1. The van der Waals surface area contributed by atoms with Crippen molar-refractivity contribution in [3.63, 3.8) is 0 Å². The molecule has 0 radical (unpaired) electrons. The minimum atomic E-state index is 0.0442. The number of para-hydroxylation sites is 1. The third-order valence-corrected chi connectivity index (χ3v) is 3.52. The van der Waals surface area contributed by atoms with E-state index in [2.05, 4.69) is 11.4 Å². The van der Waals surface area contributed by atoms with Crippen LogP contribution in [0, 0.1) is 0 Å². The van der Waals surface area contributed by atoms with Gasteiger partial charge in [-0.15, -0.1) is 0 Å². The Hall–Kier alpha value is -1.52. The molecule has 17 heavy (non-hydrogen) atoms. The summed E-state index contributed by atoms with van der Waals surface area (Å²) in [6.45, 7) is 0. The first-order valence-electron chi connectivity index (χ1n) is 5.35. The van der Waals surface area contributed by atoms with Crippen molar-refractivity contribution in [2.45, 2.75) is 6.04 Å². The predicted octanol–water partition coefficient (Wildman–Crippen LogP) is 2.57. The van der Waals surface area contributed by atoms with Gasteiger partial charge in [0.05, 0.1) is 5.70 Å². The van der Waals surface area contributed by atoms with E-state index in [-0.39, 0.29) is 6.04 Å². The number of hydrogen-bond acceptors (Lipinski definition) is 2. The summed E-state index contributed by atoms with van der Waals surface area (Å²) < 4.78 is 0. The van der Waals surface area contributed by atoms with Crippen LogP contribution in [-0.4, -0.2) is 16.0 Å².